The van der Waals surface area contributed by atoms with E-state index in [0.29, 0.717) is 11.8 Å². The van der Waals surface area contributed by atoms with Gasteiger partial charge >= 0.3 is 0 Å². The first-order valence-electron chi connectivity index (χ1n) is 7.83. The lowest BCUT2D eigenvalue weighted by molar-refractivity contribution is 0.623. The fourth-order valence-corrected chi connectivity index (χ4v) is 2.69. The van der Waals surface area contributed by atoms with Gasteiger partial charge in [0.2, 0.25) is 0 Å². The Hall–Kier alpha value is -1.56. The van der Waals surface area contributed by atoms with Gasteiger partial charge in [-0.05, 0) is 46.9 Å². The van der Waals surface area contributed by atoms with E-state index in [0.717, 1.165) is 12.8 Å². The Kier molecular flexibility index (Phi) is 5.00. The molecule has 0 aliphatic rings. The van der Waals surface area contributed by atoms with Gasteiger partial charge in [0, 0.05) is 0 Å². The summed E-state index contributed by atoms with van der Waals surface area (Å²) in [5, 5.41) is 0. The molecule has 2 atom stereocenters. The van der Waals surface area contributed by atoms with Crippen LogP contribution in [0.1, 0.15) is 61.8 Å². The molecule has 0 aliphatic heterocycles. The summed E-state index contributed by atoms with van der Waals surface area (Å²) in [4.78, 5) is 0. The average molecular weight is 266 g/mol. The minimum atomic E-state index is 0.549. The van der Waals surface area contributed by atoms with Crippen molar-refractivity contribution in [1.82, 2.24) is 0 Å². The van der Waals surface area contributed by atoms with Gasteiger partial charge in [0.15, 0.2) is 0 Å². The van der Waals surface area contributed by atoms with Crippen LogP contribution in [0.25, 0.3) is 0 Å². The molecule has 106 valence electrons. The van der Waals surface area contributed by atoms with Crippen molar-refractivity contribution in [1.29, 1.82) is 0 Å². The highest BCUT2D eigenvalue weighted by atomic mass is 14.2. The van der Waals surface area contributed by atoms with Crippen molar-refractivity contribution in [2.45, 2.75) is 52.4 Å². The Bertz CT molecular complexity index is 467. The number of hydrogen-bond acceptors (Lipinski definition) is 0. The van der Waals surface area contributed by atoms with Crippen LogP contribution in [-0.2, 0) is 12.8 Å². The van der Waals surface area contributed by atoms with Crippen molar-refractivity contribution in [2.24, 2.45) is 0 Å². The molecule has 0 heterocycles. The fraction of sp³-hybridized carbons (Fsp3) is 0.400. The molecule has 2 unspecified atom stereocenters. The molecule has 2 aromatic carbocycles. The molecule has 0 aliphatic carbocycles. The van der Waals surface area contributed by atoms with Crippen molar-refractivity contribution in [3.8, 4) is 0 Å². The van der Waals surface area contributed by atoms with E-state index in [1.807, 2.05) is 0 Å². The number of aryl methyl sites for hydroxylation is 2. The van der Waals surface area contributed by atoms with Crippen LogP contribution >= 0.6 is 0 Å². The van der Waals surface area contributed by atoms with Crippen LogP contribution in [0.15, 0.2) is 48.5 Å². The van der Waals surface area contributed by atoms with Gasteiger partial charge in [0.1, 0.15) is 0 Å². The quantitative estimate of drug-likeness (QED) is 0.649. The van der Waals surface area contributed by atoms with E-state index in [1.54, 1.807) is 0 Å². The van der Waals surface area contributed by atoms with Crippen molar-refractivity contribution in [2.75, 3.05) is 0 Å². The first-order chi connectivity index (χ1) is 9.65. The summed E-state index contributed by atoms with van der Waals surface area (Å²) in [6.07, 6.45) is 2.23. The second kappa shape index (κ2) is 6.74. The largest absolute Gasteiger partial charge is 0.0613 e. The molecule has 0 radical (unpaired) electrons. The third-order valence-electron chi connectivity index (χ3n) is 4.58. The summed E-state index contributed by atoms with van der Waals surface area (Å²) in [7, 11) is 0. The van der Waals surface area contributed by atoms with E-state index in [2.05, 4.69) is 76.2 Å². The SMILES string of the molecule is CCc1ccc(C(C)C(C)c2ccc(CC)cc2)cc1. The zero-order valence-electron chi connectivity index (χ0n) is 13.2. The topological polar surface area (TPSA) is 0 Å². The fourth-order valence-electron chi connectivity index (χ4n) is 2.69. The zero-order valence-corrected chi connectivity index (χ0v) is 13.2. The molecule has 0 heteroatoms. The lowest BCUT2D eigenvalue weighted by atomic mass is 9.83. The molecule has 0 N–H and O–H groups in total. The zero-order chi connectivity index (χ0) is 14.5. The Balaban J connectivity index is 2.15. The van der Waals surface area contributed by atoms with Gasteiger partial charge < -0.3 is 0 Å². The molecular formula is C20H26. The Labute approximate surface area is 123 Å². The minimum absolute atomic E-state index is 0.549. The van der Waals surface area contributed by atoms with Gasteiger partial charge in [-0.1, -0.05) is 76.2 Å². The van der Waals surface area contributed by atoms with Gasteiger partial charge in [-0.2, -0.15) is 0 Å². The van der Waals surface area contributed by atoms with E-state index in [-0.39, 0.29) is 0 Å². The number of hydrogen-bond donors (Lipinski definition) is 0. The Morgan fingerprint density at radius 3 is 1.15 bits per heavy atom. The van der Waals surface area contributed by atoms with E-state index < -0.39 is 0 Å². The second-order valence-electron chi connectivity index (χ2n) is 5.77. The van der Waals surface area contributed by atoms with Gasteiger partial charge in [0.05, 0.1) is 0 Å². The van der Waals surface area contributed by atoms with Crippen LogP contribution in [0.5, 0.6) is 0 Å². The van der Waals surface area contributed by atoms with Crippen LogP contribution < -0.4 is 0 Å². The minimum Gasteiger partial charge on any atom is -0.0613 e. The van der Waals surface area contributed by atoms with E-state index in [1.165, 1.54) is 22.3 Å². The van der Waals surface area contributed by atoms with Gasteiger partial charge in [0.25, 0.3) is 0 Å². The molecule has 2 aromatic rings. The third kappa shape index (κ3) is 3.30. The molecule has 2 rings (SSSR count). The summed E-state index contributed by atoms with van der Waals surface area (Å²) in [5.41, 5.74) is 5.71. The van der Waals surface area contributed by atoms with Crippen molar-refractivity contribution < 1.29 is 0 Å². The van der Waals surface area contributed by atoms with Crippen molar-refractivity contribution in [3.63, 3.8) is 0 Å². The molecule has 0 nitrogen and oxygen atoms in total. The highest BCUT2D eigenvalue weighted by Gasteiger charge is 2.16. The summed E-state index contributed by atoms with van der Waals surface area (Å²) in [6.45, 7) is 9.07. The molecule has 0 saturated carbocycles. The van der Waals surface area contributed by atoms with Crippen LogP contribution in [0, 0.1) is 0 Å². The molecule has 0 saturated heterocycles. The van der Waals surface area contributed by atoms with E-state index in [9.17, 15) is 0 Å². The summed E-state index contributed by atoms with van der Waals surface area (Å²) in [6, 6.07) is 18.2. The maximum absolute atomic E-state index is 2.33. The molecule has 0 amide bonds. The van der Waals surface area contributed by atoms with Crippen LogP contribution in [0.4, 0.5) is 0 Å². The van der Waals surface area contributed by atoms with Crippen molar-refractivity contribution >= 4 is 0 Å². The summed E-state index contributed by atoms with van der Waals surface area (Å²) >= 11 is 0. The monoisotopic (exact) mass is 266 g/mol. The van der Waals surface area contributed by atoms with Gasteiger partial charge in [-0.25, -0.2) is 0 Å². The molecule has 0 spiro atoms. The smallest absolute Gasteiger partial charge is 0.0124 e. The Morgan fingerprint density at radius 2 is 0.900 bits per heavy atom. The predicted molar refractivity (Wildman–Crippen MR) is 88.5 cm³/mol. The molecule has 0 fully saturated rings. The Morgan fingerprint density at radius 1 is 0.600 bits per heavy atom. The number of rotatable bonds is 5. The third-order valence-corrected chi connectivity index (χ3v) is 4.58. The molecular weight excluding hydrogens is 240 g/mol. The number of benzene rings is 2. The summed E-state index contributed by atoms with van der Waals surface area (Å²) in [5.74, 6) is 1.10. The highest BCUT2D eigenvalue weighted by molar-refractivity contribution is 5.31. The molecule has 0 bridgehead atoms. The average Bonchev–Trinajstić information content (AvgIpc) is 2.53. The van der Waals surface area contributed by atoms with E-state index in [4.69, 9.17) is 0 Å². The second-order valence-corrected chi connectivity index (χ2v) is 5.77. The lowest BCUT2D eigenvalue weighted by Gasteiger charge is -2.21. The van der Waals surface area contributed by atoms with Crippen LogP contribution in [-0.4, -0.2) is 0 Å². The van der Waals surface area contributed by atoms with E-state index >= 15 is 0 Å². The van der Waals surface area contributed by atoms with Crippen LogP contribution in [0.2, 0.25) is 0 Å². The predicted octanol–water partition coefficient (Wildman–Crippen LogP) is 5.72. The first kappa shape index (κ1) is 14.8. The van der Waals surface area contributed by atoms with Gasteiger partial charge in [-0.3, -0.25) is 0 Å². The normalized spacial score (nSPS) is 14.0. The first-order valence-corrected chi connectivity index (χ1v) is 7.83. The molecule has 0 aromatic heterocycles. The van der Waals surface area contributed by atoms with Gasteiger partial charge in [-0.15, -0.1) is 0 Å². The summed E-state index contributed by atoms with van der Waals surface area (Å²) < 4.78 is 0. The lowest BCUT2D eigenvalue weighted by Crippen LogP contribution is -2.05. The van der Waals surface area contributed by atoms with Crippen LogP contribution in [0.3, 0.4) is 0 Å². The maximum Gasteiger partial charge on any atom is -0.0124 e. The highest BCUT2D eigenvalue weighted by Crippen LogP contribution is 2.32. The standard InChI is InChI=1S/C20H26/c1-5-17-7-11-19(12-8-17)15(3)16(4)20-13-9-18(6-2)10-14-20/h7-16H,5-6H2,1-4H3. The molecule has 20 heavy (non-hydrogen) atoms. The maximum atomic E-state index is 2.33. The van der Waals surface area contributed by atoms with Crippen molar-refractivity contribution in [3.05, 3.63) is 70.8 Å².